The number of tetrazole rings is 1. The Balaban J connectivity index is 2.49. The maximum Gasteiger partial charge on any atom is 0.150 e. The third-order valence-electron chi connectivity index (χ3n) is 1.31. The fourth-order valence-corrected chi connectivity index (χ4v) is 0.720. The molecule has 0 atom stereocenters. The van der Waals surface area contributed by atoms with Crippen LogP contribution in [0, 0.1) is 0 Å². The highest BCUT2D eigenvalue weighted by atomic mass is 15.5. The van der Waals surface area contributed by atoms with Crippen molar-refractivity contribution in [1.29, 1.82) is 0 Å². The van der Waals surface area contributed by atoms with Crippen molar-refractivity contribution in [2.24, 2.45) is 12.8 Å². The number of nitrogens with two attached hydrogens (primary N) is 1. The van der Waals surface area contributed by atoms with Gasteiger partial charge < -0.3 is 5.73 Å². The molecule has 0 aliphatic carbocycles. The Hall–Kier alpha value is -0.970. The quantitative estimate of drug-likeness (QED) is 0.592. The Morgan fingerprint density at radius 3 is 2.90 bits per heavy atom. The average molecular weight is 141 g/mol. The van der Waals surface area contributed by atoms with E-state index in [-0.39, 0.29) is 0 Å². The van der Waals surface area contributed by atoms with E-state index < -0.39 is 0 Å². The maximum absolute atomic E-state index is 5.32. The summed E-state index contributed by atoms with van der Waals surface area (Å²) in [6.45, 7) is 0.687. The van der Waals surface area contributed by atoms with Crippen molar-refractivity contribution in [3.63, 3.8) is 0 Å². The highest BCUT2D eigenvalue weighted by Gasteiger charge is 1.98. The zero-order valence-electron chi connectivity index (χ0n) is 5.99. The molecular weight excluding hydrogens is 130 g/mol. The molecule has 0 aliphatic heterocycles. The summed E-state index contributed by atoms with van der Waals surface area (Å²) in [6.07, 6.45) is 1.80. The molecule has 56 valence electrons. The molecule has 0 radical (unpaired) electrons. The van der Waals surface area contributed by atoms with E-state index in [1.165, 1.54) is 0 Å². The molecule has 10 heavy (non-hydrogen) atoms. The average Bonchev–Trinajstić information content (AvgIpc) is 2.31. The van der Waals surface area contributed by atoms with Gasteiger partial charge in [-0.1, -0.05) is 0 Å². The number of aryl methyl sites for hydroxylation is 2. The van der Waals surface area contributed by atoms with Gasteiger partial charge in [0.25, 0.3) is 0 Å². The van der Waals surface area contributed by atoms with E-state index in [2.05, 4.69) is 15.5 Å². The molecule has 0 bridgehead atoms. The van der Waals surface area contributed by atoms with Crippen LogP contribution >= 0.6 is 0 Å². The molecule has 0 aliphatic rings. The normalized spacial score (nSPS) is 10.2. The molecule has 5 heteroatoms. The van der Waals surface area contributed by atoms with E-state index in [0.29, 0.717) is 6.54 Å². The van der Waals surface area contributed by atoms with Gasteiger partial charge in [0.2, 0.25) is 0 Å². The first-order chi connectivity index (χ1) is 4.84. The topological polar surface area (TPSA) is 69.6 Å². The number of aromatic nitrogens is 4. The summed E-state index contributed by atoms with van der Waals surface area (Å²) in [5, 5.41) is 11.0. The van der Waals surface area contributed by atoms with Crippen molar-refractivity contribution in [3.05, 3.63) is 5.82 Å². The van der Waals surface area contributed by atoms with Gasteiger partial charge >= 0.3 is 0 Å². The summed E-state index contributed by atoms with van der Waals surface area (Å²) < 4.78 is 1.66. The van der Waals surface area contributed by atoms with Crippen molar-refractivity contribution >= 4 is 0 Å². The van der Waals surface area contributed by atoms with Crippen molar-refractivity contribution in [2.75, 3.05) is 6.54 Å². The van der Waals surface area contributed by atoms with Gasteiger partial charge in [-0.25, -0.2) is 4.68 Å². The molecule has 1 heterocycles. The van der Waals surface area contributed by atoms with Crippen LogP contribution in [0.2, 0.25) is 0 Å². The molecule has 5 nitrogen and oxygen atoms in total. The molecule has 2 N–H and O–H groups in total. The second-order valence-electron chi connectivity index (χ2n) is 2.11. The van der Waals surface area contributed by atoms with Crippen LogP contribution in [0.5, 0.6) is 0 Å². The lowest BCUT2D eigenvalue weighted by atomic mass is 10.3. The first kappa shape index (κ1) is 7.14. The lowest BCUT2D eigenvalue weighted by molar-refractivity contribution is 0.661. The molecule has 1 aromatic heterocycles. The van der Waals surface area contributed by atoms with Gasteiger partial charge in [0, 0.05) is 13.5 Å². The van der Waals surface area contributed by atoms with Crippen molar-refractivity contribution in [1.82, 2.24) is 20.2 Å². The van der Waals surface area contributed by atoms with Crippen molar-refractivity contribution < 1.29 is 0 Å². The summed E-state index contributed by atoms with van der Waals surface area (Å²) in [5.41, 5.74) is 5.32. The molecule has 1 aromatic rings. The standard InChI is InChI=1S/C5H11N5/c1-10-5(3-2-4-6)7-8-9-10/h2-4,6H2,1H3. The summed E-state index contributed by atoms with van der Waals surface area (Å²) in [5.74, 6) is 0.894. The molecule has 0 saturated heterocycles. The predicted octanol–water partition coefficient (Wildman–Crippen LogP) is -0.899. The molecule has 0 fully saturated rings. The number of rotatable bonds is 3. The van der Waals surface area contributed by atoms with Crippen LogP contribution in [-0.2, 0) is 13.5 Å². The van der Waals surface area contributed by atoms with E-state index in [4.69, 9.17) is 5.73 Å². The molecule has 1 rings (SSSR count). The number of nitrogens with zero attached hydrogens (tertiary/aromatic N) is 4. The molecular formula is C5H11N5. The minimum Gasteiger partial charge on any atom is -0.330 e. The summed E-state index contributed by atoms with van der Waals surface area (Å²) in [4.78, 5) is 0. The van der Waals surface area contributed by atoms with Crippen LogP contribution in [0.1, 0.15) is 12.2 Å². The third-order valence-corrected chi connectivity index (χ3v) is 1.31. The van der Waals surface area contributed by atoms with Crippen LogP contribution < -0.4 is 5.73 Å². The first-order valence-electron chi connectivity index (χ1n) is 3.26. The lowest BCUT2D eigenvalue weighted by Crippen LogP contribution is -2.04. The Kier molecular flexibility index (Phi) is 2.33. The van der Waals surface area contributed by atoms with Gasteiger partial charge in [-0.2, -0.15) is 0 Å². The smallest absolute Gasteiger partial charge is 0.150 e. The van der Waals surface area contributed by atoms with Gasteiger partial charge in [0.05, 0.1) is 0 Å². The van der Waals surface area contributed by atoms with Gasteiger partial charge in [-0.3, -0.25) is 0 Å². The van der Waals surface area contributed by atoms with E-state index in [1.807, 2.05) is 7.05 Å². The van der Waals surface area contributed by atoms with Gasteiger partial charge in [0.1, 0.15) is 0 Å². The summed E-state index contributed by atoms with van der Waals surface area (Å²) in [7, 11) is 1.83. The Bertz CT molecular complexity index is 194. The van der Waals surface area contributed by atoms with Crippen molar-refractivity contribution in [2.45, 2.75) is 12.8 Å². The minimum atomic E-state index is 0.687. The molecule has 0 unspecified atom stereocenters. The fraction of sp³-hybridized carbons (Fsp3) is 0.800. The van der Waals surface area contributed by atoms with E-state index in [1.54, 1.807) is 4.68 Å². The Labute approximate surface area is 59.2 Å². The molecule has 0 aromatic carbocycles. The van der Waals surface area contributed by atoms with E-state index >= 15 is 0 Å². The first-order valence-corrected chi connectivity index (χ1v) is 3.26. The minimum absolute atomic E-state index is 0.687. The second-order valence-corrected chi connectivity index (χ2v) is 2.11. The van der Waals surface area contributed by atoms with Crippen LogP contribution in [0.25, 0.3) is 0 Å². The highest BCUT2D eigenvalue weighted by Crippen LogP contribution is 1.92. The molecule has 0 saturated carbocycles. The van der Waals surface area contributed by atoms with Gasteiger partial charge in [0.15, 0.2) is 5.82 Å². The van der Waals surface area contributed by atoms with Gasteiger partial charge in [-0.15, -0.1) is 5.10 Å². The van der Waals surface area contributed by atoms with Gasteiger partial charge in [-0.05, 0) is 23.4 Å². The summed E-state index contributed by atoms with van der Waals surface area (Å²) >= 11 is 0. The molecule has 0 spiro atoms. The molecule has 0 amide bonds. The second kappa shape index (κ2) is 3.26. The highest BCUT2D eigenvalue weighted by molar-refractivity contribution is 4.78. The van der Waals surface area contributed by atoms with Crippen molar-refractivity contribution in [3.8, 4) is 0 Å². The number of hydrogen-bond donors (Lipinski definition) is 1. The third kappa shape index (κ3) is 1.51. The van der Waals surface area contributed by atoms with Crippen LogP contribution in [0.4, 0.5) is 0 Å². The number of hydrogen-bond acceptors (Lipinski definition) is 4. The monoisotopic (exact) mass is 141 g/mol. The largest absolute Gasteiger partial charge is 0.330 e. The van der Waals surface area contributed by atoms with E-state index in [9.17, 15) is 0 Å². The van der Waals surface area contributed by atoms with E-state index in [0.717, 1.165) is 18.7 Å². The zero-order chi connectivity index (χ0) is 7.40. The van der Waals surface area contributed by atoms with Crippen LogP contribution in [0.3, 0.4) is 0 Å². The Morgan fingerprint density at radius 2 is 2.40 bits per heavy atom. The predicted molar refractivity (Wildman–Crippen MR) is 36.2 cm³/mol. The zero-order valence-corrected chi connectivity index (χ0v) is 5.99. The van der Waals surface area contributed by atoms with Crippen LogP contribution in [-0.4, -0.2) is 26.8 Å². The summed E-state index contributed by atoms with van der Waals surface area (Å²) in [6, 6.07) is 0. The Morgan fingerprint density at radius 1 is 1.60 bits per heavy atom. The fourth-order valence-electron chi connectivity index (χ4n) is 0.720. The maximum atomic E-state index is 5.32. The van der Waals surface area contributed by atoms with Crippen LogP contribution in [0.15, 0.2) is 0 Å². The SMILES string of the molecule is Cn1nnnc1CCCN. The lowest BCUT2D eigenvalue weighted by Gasteiger charge is -1.94.